The van der Waals surface area contributed by atoms with E-state index >= 15 is 0 Å². The largest absolute Gasteiger partial charge is 0.507 e. The predicted molar refractivity (Wildman–Crippen MR) is 114 cm³/mol. The number of carbonyl (C=O) groups is 2. The Morgan fingerprint density at radius 2 is 2.00 bits per heavy atom. The first-order valence-electron chi connectivity index (χ1n) is 9.58. The van der Waals surface area contributed by atoms with E-state index in [2.05, 4.69) is 5.10 Å². The van der Waals surface area contributed by atoms with Crippen LogP contribution in [0.25, 0.3) is 0 Å². The highest BCUT2D eigenvalue weighted by Crippen LogP contribution is 2.33. The molecule has 0 unspecified atom stereocenters. The van der Waals surface area contributed by atoms with Gasteiger partial charge in [-0.2, -0.15) is 5.10 Å². The smallest absolute Gasteiger partial charge is 0.342 e. The molecule has 2 heterocycles. The van der Waals surface area contributed by atoms with Crippen molar-refractivity contribution < 1.29 is 23.8 Å². The number of halogens is 1. The van der Waals surface area contributed by atoms with Crippen molar-refractivity contribution in [1.82, 2.24) is 5.01 Å². The molecule has 0 fully saturated rings. The number of benzene rings is 2. The number of phenols is 1. The Kier molecular flexibility index (Phi) is 5.77. The molecule has 1 N–H and O–H groups in total. The zero-order valence-corrected chi connectivity index (χ0v) is 17.4. The third-order valence-corrected chi connectivity index (χ3v) is 5.16. The minimum absolute atomic E-state index is 0.117. The lowest BCUT2D eigenvalue weighted by atomic mass is 10.0. The molecule has 8 heteroatoms. The summed E-state index contributed by atoms with van der Waals surface area (Å²) >= 11 is 5.87. The minimum Gasteiger partial charge on any atom is -0.507 e. The fourth-order valence-electron chi connectivity index (χ4n) is 3.31. The molecule has 1 aliphatic heterocycles. The molecule has 3 aromatic rings. The molecular formula is C23H19ClN2O5. The van der Waals surface area contributed by atoms with Gasteiger partial charge in [0, 0.05) is 11.4 Å². The number of aryl methyl sites for hydroxylation is 1. The normalized spacial score (nSPS) is 15.6. The Hall–Kier alpha value is -3.58. The number of hydrogen-bond acceptors (Lipinski definition) is 6. The van der Waals surface area contributed by atoms with E-state index in [0.29, 0.717) is 12.2 Å². The van der Waals surface area contributed by atoms with E-state index in [1.165, 1.54) is 29.5 Å². The number of rotatable bonds is 5. The van der Waals surface area contributed by atoms with Crippen LogP contribution in [0.15, 0.2) is 70.4 Å². The summed E-state index contributed by atoms with van der Waals surface area (Å²) in [5, 5.41) is 15.9. The first-order valence-corrected chi connectivity index (χ1v) is 9.96. The fraction of sp³-hybridized carbons (Fsp3) is 0.174. The van der Waals surface area contributed by atoms with Gasteiger partial charge in [0.15, 0.2) is 6.61 Å². The van der Waals surface area contributed by atoms with Crippen molar-refractivity contribution in [2.75, 3.05) is 6.61 Å². The third kappa shape index (κ3) is 4.46. The van der Waals surface area contributed by atoms with E-state index in [9.17, 15) is 14.7 Å². The summed E-state index contributed by atoms with van der Waals surface area (Å²) in [5.74, 6) is -1.07. The summed E-state index contributed by atoms with van der Waals surface area (Å²) in [4.78, 5) is 25.2. The Balaban J connectivity index is 1.52. The summed E-state index contributed by atoms with van der Waals surface area (Å²) in [6.07, 6.45) is 2.00. The van der Waals surface area contributed by atoms with Crippen LogP contribution in [0, 0.1) is 6.92 Å². The van der Waals surface area contributed by atoms with E-state index in [1.807, 2.05) is 31.2 Å². The monoisotopic (exact) mass is 438 g/mol. The molecule has 1 aliphatic rings. The van der Waals surface area contributed by atoms with Crippen LogP contribution in [0.1, 0.15) is 39.7 Å². The molecule has 7 nitrogen and oxygen atoms in total. The summed E-state index contributed by atoms with van der Waals surface area (Å²) in [5.41, 5.74) is 2.63. The second kappa shape index (κ2) is 8.65. The predicted octanol–water partition coefficient (Wildman–Crippen LogP) is 4.48. The Labute approximate surface area is 183 Å². The van der Waals surface area contributed by atoms with Crippen LogP contribution >= 0.6 is 11.6 Å². The van der Waals surface area contributed by atoms with Gasteiger partial charge in [-0.05, 0) is 42.8 Å². The molecule has 4 rings (SSSR count). The molecule has 0 spiro atoms. The van der Waals surface area contributed by atoms with Crippen molar-refractivity contribution in [3.05, 3.63) is 88.3 Å². The van der Waals surface area contributed by atoms with Gasteiger partial charge in [-0.25, -0.2) is 9.80 Å². The number of hydrazone groups is 1. The molecule has 158 valence electrons. The van der Waals surface area contributed by atoms with Gasteiger partial charge >= 0.3 is 5.97 Å². The van der Waals surface area contributed by atoms with Crippen molar-refractivity contribution in [3.63, 3.8) is 0 Å². The zero-order valence-electron chi connectivity index (χ0n) is 16.6. The second-order valence-electron chi connectivity index (χ2n) is 7.12. The lowest BCUT2D eigenvalue weighted by molar-refractivity contribution is -0.136. The number of nitrogens with zero attached hydrogens (tertiary/aromatic N) is 2. The molecule has 0 bridgehead atoms. The fourth-order valence-corrected chi connectivity index (χ4v) is 3.48. The zero-order chi connectivity index (χ0) is 22.0. The molecule has 0 saturated heterocycles. The van der Waals surface area contributed by atoms with Gasteiger partial charge in [-0.1, -0.05) is 41.4 Å². The molecule has 31 heavy (non-hydrogen) atoms. The van der Waals surface area contributed by atoms with Crippen LogP contribution in [0.4, 0.5) is 0 Å². The van der Waals surface area contributed by atoms with Gasteiger partial charge in [0.25, 0.3) is 5.91 Å². The number of aromatic hydroxyl groups is 1. The van der Waals surface area contributed by atoms with Crippen molar-refractivity contribution in [1.29, 1.82) is 0 Å². The number of esters is 1. The number of amides is 1. The van der Waals surface area contributed by atoms with Crippen molar-refractivity contribution in [2.24, 2.45) is 5.10 Å². The van der Waals surface area contributed by atoms with Gasteiger partial charge in [-0.3, -0.25) is 4.79 Å². The van der Waals surface area contributed by atoms with Crippen molar-refractivity contribution in [3.8, 4) is 5.75 Å². The average molecular weight is 439 g/mol. The van der Waals surface area contributed by atoms with Gasteiger partial charge in [0.05, 0.1) is 12.0 Å². The average Bonchev–Trinajstić information content (AvgIpc) is 3.44. The topological polar surface area (TPSA) is 92.3 Å². The quantitative estimate of drug-likeness (QED) is 0.593. The van der Waals surface area contributed by atoms with Crippen LogP contribution in [0.2, 0.25) is 5.02 Å². The van der Waals surface area contributed by atoms with Gasteiger partial charge in [0.2, 0.25) is 0 Å². The number of carbonyl (C=O) groups excluding carboxylic acids is 2. The second-order valence-corrected chi connectivity index (χ2v) is 7.56. The first-order chi connectivity index (χ1) is 14.9. The summed E-state index contributed by atoms with van der Waals surface area (Å²) in [7, 11) is 0. The molecule has 0 saturated carbocycles. The van der Waals surface area contributed by atoms with Crippen LogP contribution in [-0.2, 0) is 9.53 Å². The maximum absolute atomic E-state index is 12.9. The molecule has 2 aromatic carbocycles. The molecule has 1 atom stereocenters. The highest BCUT2D eigenvalue weighted by molar-refractivity contribution is 6.31. The van der Waals surface area contributed by atoms with Crippen LogP contribution < -0.4 is 0 Å². The number of hydrogen-bond donors (Lipinski definition) is 1. The summed E-state index contributed by atoms with van der Waals surface area (Å²) in [6, 6.07) is 14.9. The van der Waals surface area contributed by atoms with E-state index < -0.39 is 24.5 Å². The number of furan rings is 1. The Bertz CT molecular complexity index is 1140. The molecular weight excluding hydrogens is 420 g/mol. The van der Waals surface area contributed by atoms with Gasteiger partial charge in [0.1, 0.15) is 23.1 Å². The SMILES string of the molecule is Cc1ccc(C2=NN(C(=O)COC(=O)c3cc(Cl)ccc3O)[C@H](c3ccco3)C2)cc1. The summed E-state index contributed by atoms with van der Waals surface area (Å²) < 4.78 is 10.6. The lowest BCUT2D eigenvalue weighted by Gasteiger charge is -2.19. The molecule has 0 radical (unpaired) electrons. The van der Waals surface area contributed by atoms with Crippen molar-refractivity contribution in [2.45, 2.75) is 19.4 Å². The Morgan fingerprint density at radius 1 is 1.23 bits per heavy atom. The standard InChI is InChI=1S/C23H19ClN2O5/c1-14-4-6-15(7-5-14)18-12-19(21-3-2-10-30-21)26(25-18)22(28)13-31-23(29)17-11-16(24)8-9-20(17)27/h2-11,19,27H,12-13H2,1H3/t19-/m0/s1. The lowest BCUT2D eigenvalue weighted by Crippen LogP contribution is -2.31. The van der Waals surface area contributed by atoms with E-state index in [0.717, 1.165) is 16.8 Å². The van der Waals surface area contributed by atoms with E-state index in [-0.39, 0.29) is 16.3 Å². The maximum atomic E-state index is 12.9. The maximum Gasteiger partial charge on any atom is 0.342 e. The summed E-state index contributed by atoms with van der Waals surface area (Å²) in [6.45, 7) is 1.44. The first kappa shape index (κ1) is 20.7. The van der Waals surface area contributed by atoms with Crippen molar-refractivity contribution >= 4 is 29.2 Å². The Morgan fingerprint density at radius 3 is 2.71 bits per heavy atom. The number of ether oxygens (including phenoxy) is 1. The highest BCUT2D eigenvalue weighted by atomic mass is 35.5. The van der Waals surface area contributed by atoms with Crippen LogP contribution in [-0.4, -0.2) is 34.3 Å². The van der Waals surface area contributed by atoms with E-state index in [4.69, 9.17) is 20.8 Å². The van der Waals surface area contributed by atoms with Gasteiger partial charge in [-0.15, -0.1) is 0 Å². The third-order valence-electron chi connectivity index (χ3n) is 4.93. The molecule has 0 aliphatic carbocycles. The number of phenolic OH excluding ortho intramolecular Hbond substituents is 1. The van der Waals surface area contributed by atoms with Crippen LogP contribution in [0.5, 0.6) is 5.75 Å². The molecule has 1 aromatic heterocycles. The van der Waals surface area contributed by atoms with Gasteiger partial charge < -0.3 is 14.3 Å². The van der Waals surface area contributed by atoms with Crippen LogP contribution in [0.3, 0.4) is 0 Å². The minimum atomic E-state index is -0.857. The highest BCUT2D eigenvalue weighted by Gasteiger charge is 2.35. The van der Waals surface area contributed by atoms with E-state index in [1.54, 1.807) is 12.1 Å². The molecule has 1 amide bonds.